The van der Waals surface area contributed by atoms with Gasteiger partial charge in [-0.2, -0.15) is 0 Å². The lowest BCUT2D eigenvalue weighted by molar-refractivity contribution is 0.535. The van der Waals surface area contributed by atoms with E-state index in [-0.39, 0.29) is 5.84 Å². The van der Waals surface area contributed by atoms with Crippen LogP contribution in [0, 0.1) is 24.2 Å². The number of rotatable bonds is 8. The van der Waals surface area contributed by atoms with Gasteiger partial charge < -0.3 is 10.6 Å². The molecule has 1 aromatic carbocycles. The molecule has 0 unspecified atom stereocenters. The third-order valence-electron chi connectivity index (χ3n) is 3.74. The SMILES string of the molecule is Cc1ccc(C(=N)N)c(N(CCC(C)C)CCC(C)C)c1. The molecule has 118 valence electrons. The number of nitrogens with one attached hydrogen (secondary N) is 1. The molecule has 0 atom stereocenters. The lowest BCUT2D eigenvalue weighted by Crippen LogP contribution is -2.30. The Labute approximate surface area is 130 Å². The number of amidine groups is 1. The first-order valence-corrected chi connectivity index (χ1v) is 8.01. The highest BCUT2D eigenvalue weighted by Gasteiger charge is 2.14. The highest BCUT2D eigenvalue weighted by molar-refractivity contribution is 6.00. The number of hydrogen-bond acceptors (Lipinski definition) is 2. The summed E-state index contributed by atoms with van der Waals surface area (Å²) in [7, 11) is 0. The van der Waals surface area contributed by atoms with E-state index in [0.717, 1.165) is 37.2 Å². The first kappa shape index (κ1) is 17.5. The summed E-state index contributed by atoms with van der Waals surface area (Å²) in [5, 5.41) is 7.82. The van der Waals surface area contributed by atoms with Crippen LogP contribution in [-0.2, 0) is 0 Å². The molecule has 0 radical (unpaired) electrons. The average Bonchev–Trinajstić information content (AvgIpc) is 2.37. The van der Waals surface area contributed by atoms with Crippen LogP contribution >= 0.6 is 0 Å². The van der Waals surface area contributed by atoms with Gasteiger partial charge in [0, 0.05) is 24.3 Å². The highest BCUT2D eigenvalue weighted by Crippen LogP contribution is 2.24. The Morgan fingerprint density at radius 2 is 1.62 bits per heavy atom. The van der Waals surface area contributed by atoms with Gasteiger partial charge >= 0.3 is 0 Å². The second-order valence-corrected chi connectivity index (χ2v) is 6.79. The molecule has 3 N–H and O–H groups in total. The first-order valence-electron chi connectivity index (χ1n) is 8.01. The molecule has 0 spiro atoms. The summed E-state index contributed by atoms with van der Waals surface area (Å²) in [6, 6.07) is 6.17. The molecule has 0 saturated heterocycles. The minimum absolute atomic E-state index is 0.157. The van der Waals surface area contributed by atoms with Crippen LogP contribution in [0.25, 0.3) is 0 Å². The first-order chi connectivity index (χ1) is 9.81. The van der Waals surface area contributed by atoms with Crippen molar-refractivity contribution in [3.05, 3.63) is 29.3 Å². The van der Waals surface area contributed by atoms with Crippen molar-refractivity contribution in [2.24, 2.45) is 17.6 Å². The van der Waals surface area contributed by atoms with Crippen molar-refractivity contribution in [3.8, 4) is 0 Å². The van der Waals surface area contributed by atoms with Crippen molar-refractivity contribution < 1.29 is 0 Å². The van der Waals surface area contributed by atoms with E-state index in [1.54, 1.807) is 0 Å². The number of nitrogens with two attached hydrogens (primary N) is 1. The fourth-order valence-electron chi connectivity index (χ4n) is 2.31. The van der Waals surface area contributed by atoms with E-state index in [1.165, 1.54) is 5.56 Å². The third kappa shape index (κ3) is 5.78. The molecule has 21 heavy (non-hydrogen) atoms. The van der Waals surface area contributed by atoms with Crippen molar-refractivity contribution in [2.45, 2.75) is 47.5 Å². The number of nitrogen functional groups attached to an aromatic ring is 1. The summed E-state index contributed by atoms with van der Waals surface area (Å²) >= 11 is 0. The molecule has 0 aliphatic heterocycles. The third-order valence-corrected chi connectivity index (χ3v) is 3.74. The van der Waals surface area contributed by atoms with Gasteiger partial charge in [0.2, 0.25) is 0 Å². The van der Waals surface area contributed by atoms with Gasteiger partial charge in [0.15, 0.2) is 0 Å². The number of nitrogens with zero attached hydrogens (tertiary/aromatic N) is 1. The van der Waals surface area contributed by atoms with Crippen LogP contribution in [0.2, 0.25) is 0 Å². The number of benzene rings is 1. The zero-order valence-corrected chi connectivity index (χ0v) is 14.2. The van der Waals surface area contributed by atoms with Crippen LogP contribution < -0.4 is 10.6 Å². The van der Waals surface area contributed by atoms with Gasteiger partial charge in [-0.25, -0.2) is 0 Å². The Balaban J connectivity index is 3.04. The topological polar surface area (TPSA) is 53.1 Å². The largest absolute Gasteiger partial charge is 0.384 e. The normalized spacial score (nSPS) is 11.2. The van der Waals surface area contributed by atoms with E-state index in [2.05, 4.69) is 45.6 Å². The van der Waals surface area contributed by atoms with Crippen molar-refractivity contribution in [1.29, 1.82) is 5.41 Å². The molecule has 0 aliphatic rings. The molecule has 0 aliphatic carbocycles. The number of hydrogen-bond donors (Lipinski definition) is 2. The molecule has 0 saturated carbocycles. The lowest BCUT2D eigenvalue weighted by Gasteiger charge is -2.29. The van der Waals surface area contributed by atoms with Crippen molar-refractivity contribution in [1.82, 2.24) is 0 Å². The maximum atomic E-state index is 7.82. The molecular weight excluding hydrogens is 258 g/mol. The number of anilines is 1. The maximum Gasteiger partial charge on any atom is 0.124 e. The fourth-order valence-corrected chi connectivity index (χ4v) is 2.31. The van der Waals surface area contributed by atoms with Crippen molar-refractivity contribution in [3.63, 3.8) is 0 Å². The van der Waals surface area contributed by atoms with Crippen molar-refractivity contribution >= 4 is 11.5 Å². The fraction of sp³-hybridized carbons (Fsp3) is 0.611. The van der Waals surface area contributed by atoms with E-state index in [1.807, 2.05) is 12.1 Å². The van der Waals surface area contributed by atoms with Gasteiger partial charge in [-0.05, 0) is 49.3 Å². The van der Waals surface area contributed by atoms with Gasteiger partial charge in [-0.3, -0.25) is 5.41 Å². The van der Waals surface area contributed by atoms with Crippen LogP contribution in [0.5, 0.6) is 0 Å². The van der Waals surface area contributed by atoms with E-state index in [4.69, 9.17) is 11.1 Å². The Bertz CT molecular complexity index is 452. The summed E-state index contributed by atoms with van der Waals surface area (Å²) in [6.07, 6.45) is 2.31. The molecule has 0 bridgehead atoms. The number of aryl methyl sites for hydroxylation is 1. The smallest absolute Gasteiger partial charge is 0.124 e. The minimum atomic E-state index is 0.157. The minimum Gasteiger partial charge on any atom is -0.384 e. The Morgan fingerprint density at radius 3 is 2.05 bits per heavy atom. The van der Waals surface area contributed by atoms with Crippen LogP contribution in [-0.4, -0.2) is 18.9 Å². The quantitative estimate of drug-likeness (QED) is 0.557. The van der Waals surface area contributed by atoms with E-state index < -0.39 is 0 Å². The molecule has 1 rings (SSSR count). The van der Waals surface area contributed by atoms with Crippen LogP contribution in [0.4, 0.5) is 5.69 Å². The Hall–Kier alpha value is -1.51. The second kappa shape index (κ2) is 8.06. The van der Waals surface area contributed by atoms with Gasteiger partial charge in [0.05, 0.1) is 0 Å². The Kier molecular flexibility index (Phi) is 6.73. The zero-order valence-electron chi connectivity index (χ0n) is 14.2. The van der Waals surface area contributed by atoms with E-state index in [9.17, 15) is 0 Å². The molecular formula is C18H31N3. The summed E-state index contributed by atoms with van der Waals surface area (Å²) in [4.78, 5) is 2.41. The summed E-state index contributed by atoms with van der Waals surface area (Å²) < 4.78 is 0. The van der Waals surface area contributed by atoms with Crippen molar-refractivity contribution in [2.75, 3.05) is 18.0 Å². The van der Waals surface area contributed by atoms with Crippen LogP contribution in [0.1, 0.15) is 51.7 Å². The molecule has 0 amide bonds. The van der Waals surface area contributed by atoms with Gasteiger partial charge in [-0.15, -0.1) is 0 Å². The van der Waals surface area contributed by atoms with Gasteiger partial charge in [0.1, 0.15) is 5.84 Å². The Morgan fingerprint density at radius 1 is 1.10 bits per heavy atom. The lowest BCUT2D eigenvalue weighted by atomic mass is 10.0. The summed E-state index contributed by atoms with van der Waals surface area (Å²) in [5.41, 5.74) is 8.96. The summed E-state index contributed by atoms with van der Waals surface area (Å²) in [5.74, 6) is 1.51. The molecule has 3 heteroatoms. The predicted molar refractivity (Wildman–Crippen MR) is 93.3 cm³/mol. The van der Waals surface area contributed by atoms with Gasteiger partial charge in [0.25, 0.3) is 0 Å². The standard InChI is InChI=1S/C18H31N3/c1-13(2)8-10-21(11-9-14(3)4)17-12-15(5)6-7-16(17)18(19)20/h6-7,12-14H,8-11H2,1-5H3,(H3,19,20). The van der Waals surface area contributed by atoms with E-state index in [0.29, 0.717) is 11.8 Å². The molecule has 0 heterocycles. The second-order valence-electron chi connectivity index (χ2n) is 6.79. The van der Waals surface area contributed by atoms with Crippen LogP contribution in [0.15, 0.2) is 18.2 Å². The van der Waals surface area contributed by atoms with Gasteiger partial charge in [-0.1, -0.05) is 33.8 Å². The average molecular weight is 289 g/mol. The zero-order chi connectivity index (χ0) is 16.0. The molecule has 3 nitrogen and oxygen atoms in total. The maximum absolute atomic E-state index is 7.82. The summed E-state index contributed by atoms with van der Waals surface area (Å²) in [6.45, 7) is 13.1. The monoisotopic (exact) mass is 289 g/mol. The molecule has 0 fully saturated rings. The van der Waals surface area contributed by atoms with Crippen LogP contribution in [0.3, 0.4) is 0 Å². The molecule has 1 aromatic rings. The predicted octanol–water partition coefficient (Wildman–Crippen LogP) is 4.18. The molecule has 0 aromatic heterocycles. The van der Waals surface area contributed by atoms with E-state index >= 15 is 0 Å². The highest BCUT2D eigenvalue weighted by atomic mass is 15.1.